The minimum absolute atomic E-state index is 0. The first kappa shape index (κ1) is 19.1. The average Bonchev–Trinajstić information content (AvgIpc) is 2.98. The molecule has 132 valence electrons. The molecule has 1 unspecified atom stereocenters. The second kappa shape index (κ2) is 7.53. The standard InChI is InChI=1S/C19H14ClFN2O2.Hf/c1-25-19(24)23-8-7-14-15-10-12(20)5-6-16(15)22-17(14)18(23)11-3-2-4-13(21)9-11;/h2-6,10,18H,7-8H2,1H3;/q-2;. The van der Waals surface area contributed by atoms with E-state index in [9.17, 15) is 9.18 Å². The molecule has 0 saturated heterocycles. The summed E-state index contributed by atoms with van der Waals surface area (Å²) in [5, 5.41) is 1.60. The summed E-state index contributed by atoms with van der Waals surface area (Å²) in [6.07, 6.45) is 0.158. The molecule has 3 aromatic rings. The van der Waals surface area contributed by atoms with Crippen LogP contribution in [0.3, 0.4) is 0 Å². The van der Waals surface area contributed by atoms with Crippen LogP contribution in [0.25, 0.3) is 10.9 Å². The van der Waals surface area contributed by atoms with Gasteiger partial charge in [-0.25, -0.2) is 9.18 Å². The molecule has 26 heavy (non-hydrogen) atoms. The Balaban J connectivity index is 0.00000196. The van der Waals surface area contributed by atoms with Crippen molar-refractivity contribution in [1.29, 1.82) is 0 Å². The Morgan fingerprint density at radius 1 is 1.38 bits per heavy atom. The number of amides is 1. The average molecular weight is 535 g/mol. The molecule has 4 rings (SSSR count). The van der Waals surface area contributed by atoms with Crippen molar-refractivity contribution in [2.45, 2.75) is 12.5 Å². The summed E-state index contributed by atoms with van der Waals surface area (Å²) in [5.74, 6) is -0.478. The maximum Gasteiger partial charge on any atom is 0.410 e. The van der Waals surface area contributed by atoms with Crippen LogP contribution in [0.2, 0.25) is 5.02 Å². The summed E-state index contributed by atoms with van der Waals surface area (Å²) < 4.78 is 18.6. The molecule has 0 bridgehead atoms. The predicted octanol–water partition coefficient (Wildman–Crippen LogP) is 4.10. The Hall–Kier alpha value is -1.66. The number of rotatable bonds is 1. The number of nitrogens with zero attached hydrogens (tertiary/aromatic N) is 2. The molecule has 0 N–H and O–H groups in total. The van der Waals surface area contributed by atoms with Gasteiger partial charge in [-0.2, -0.15) is 12.1 Å². The van der Waals surface area contributed by atoms with E-state index in [1.807, 2.05) is 12.1 Å². The smallest absolute Gasteiger partial charge is 0.410 e. The van der Waals surface area contributed by atoms with Gasteiger partial charge in [0.1, 0.15) is 0 Å². The quantitative estimate of drug-likeness (QED) is 0.349. The summed E-state index contributed by atoms with van der Waals surface area (Å²) in [6, 6.07) is 12.3. The van der Waals surface area contributed by atoms with E-state index in [0.29, 0.717) is 23.6 Å². The summed E-state index contributed by atoms with van der Waals surface area (Å²) in [4.78, 5) is 18.5. The van der Waals surface area contributed by atoms with E-state index in [4.69, 9.17) is 21.3 Å². The molecule has 4 nitrogen and oxygen atoms in total. The van der Waals surface area contributed by atoms with Crippen LogP contribution >= 0.6 is 11.6 Å². The summed E-state index contributed by atoms with van der Waals surface area (Å²) in [5.41, 5.74) is 3.10. The molecule has 1 atom stereocenters. The molecule has 1 aliphatic rings. The number of fused-ring (bicyclic) bond motifs is 3. The molecule has 1 amide bonds. The predicted molar refractivity (Wildman–Crippen MR) is 92.2 cm³/mol. The molecule has 0 radical (unpaired) electrons. The number of halogens is 2. The van der Waals surface area contributed by atoms with Gasteiger partial charge in [-0.15, -0.1) is 28.9 Å². The second-order valence-electron chi connectivity index (χ2n) is 5.91. The molecule has 1 aromatic heterocycles. The van der Waals surface area contributed by atoms with E-state index in [1.54, 1.807) is 23.1 Å². The molecule has 1 aliphatic heterocycles. The van der Waals surface area contributed by atoms with Gasteiger partial charge in [0.25, 0.3) is 0 Å². The van der Waals surface area contributed by atoms with Gasteiger partial charge >= 0.3 is 6.09 Å². The van der Waals surface area contributed by atoms with Crippen molar-refractivity contribution in [3.63, 3.8) is 0 Å². The van der Waals surface area contributed by atoms with Gasteiger partial charge in [-0.05, 0) is 23.9 Å². The zero-order valence-corrected chi connectivity index (χ0v) is 18.3. The SMILES string of the molecule is COC(=O)N1CCc2c([n-]c3ccc(Cl)cc23)C1c1[c-]c(F)ccc1.[Hf]. The van der Waals surface area contributed by atoms with Crippen LogP contribution in [0.1, 0.15) is 22.9 Å². The first-order chi connectivity index (χ1) is 12.1. The van der Waals surface area contributed by atoms with Gasteiger partial charge in [0.05, 0.1) is 7.11 Å². The van der Waals surface area contributed by atoms with Crippen molar-refractivity contribution < 1.29 is 39.8 Å². The van der Waals surface area contributed by atoms with Gasteiger partial charge in [0, 0.05) is 49.3 Å². The van der Waals surface area contributed by atoms with Crippen LogP contribution < -0.4 is 4.98 Å². The van der Waals surface area contributed by atoms with Gasteiger partial charge in [-0.3, -0.25) is 0 Å². The molecule has 0 saturated carbocycles. The molecular weight excluding hydrogens is 521 g/mol. The summed E-state index contributed by atoms with van der Waals surface area (Å²) in [6.45, 7) is 0.446. The Morgan fingerprint density at radius 3 is 2.92 bits per heavy atom. The monoisotopic (exact) mass is 536 g/mol. The minimum Gasteiger partial charge on any atom is -0.659 e. The van der Waals surface area contributed by atoms with Crippen molar-refractivity contribution in [1.82, 2.24) is 9.88 Å². The number of benzene rings is 2. The van der Waals surface area contributed by atoms with E-state index < -0.39 is 18.0 Å². The number of carbonyl (C=O) groups excluding carboxylic acids is 1. The molecule has 2 heterocycles. The Labute approximate surface area is 174 Å². The number of methoxy groups -OCH3 is 1. The third-order valence-electron chi connectivity index (χ3n) is 4.49. The summed E-state index contributed by atoms with van der Waals surface area (Å²) in [7, 11) is 1.33. The fourth-order valence-electron chi connectivity index (χ4n) is 3.43. The Kier molecular flexibility index (Phi) is 5.53. The minimum atomic E-state index is -0.543. The van der Waals surface area contributed by atoms with Crippen molar-refractivity contribution in [2.24, 2.45) is 0 Å². The van der Waals surface area contributed by atoms with E-state index in [2.05, 4.69) is 6.07 Å². The van der Waals surface area contributed by atoms with Crippen LogP contribution in [0.15, 0.2) is 36.4 Å². The zero-order valence-electron chi connectivity index (χ0n) is 13.9. The molecule has 0 aliphatic carbocycles. The third-order valence-corrected chi connectivity index (χ3v) is 4.73. The number of carbonyl (C=O) groups is 1. The largest absolute Gasteiger partial charge is 0.659 e. The molecule has 2 aromatic carbocycles. The zero-order chi connectivity index (χ0) is 17.6. The fourth-order valence-corrected chi connectivity index (χ4v) is 3.60. The fraction of sp³-hybridized carbons (Fsp3) is 0.211. The van der Waals surface area contributed by atoms with E-state index >= 15 is 0 Å². The van der Waals surface area contributed by atoms with E-state index in [-0.39, 0.29) is 25.8 Å². The van der Waals surface area contributed by atoms with Crippen molar-refractivity contribution >= 4 is 28.6 Å². The second-order valence-corrected chi connectivity index (χ2v) is 6.34. The number of hydrogen-bond donors (Lipinski definition) is 0. The number of aromatic nitrogens is 1. The van der Waals surface area contributed by atoms with Crippen LogP contribution in [0.4, 0.5) is 9.18 Å². The van der Waals surface area contributed by atoms with Crippen LogP contribution in [0, 0.1) is 11.9 Å². The van der Waals surface area contributed by atoms with Crippen LogP contribution in [-0.2, 0) is 37.0 Å². The summed E-state index contributed by atoms with van der Waals surface area (Å²) >= 11 is 6.13. The maximum atomic E-state index is 13.7. The topological polar surface area (TPSA) is 43.6 Å². The van der Waals surface area contributed by atoms with Gasteiger partial charge in [0.15, 0.2) is 0 Å². The third kappa shape index (κ3) is 3.21. The molecular formula is C19H14ClFHfN2O2-2. The van der Waals surface area contributed by atoms with Crippen molar-refractivity contribution in [3.8, 4) is 0 Å². The Bertz CT molecular complexity index is 975. The van der Waals surface area contributed by atoms with E-state index in [1.165, 1.54) is 13.2 Å². The first-order valence-corrected chi connectivity index (χ1v) is 8.23. The first-order valence-electron chi connectivity index (χ1n) is 7.85. The van der Waals surface area contributed by atoms with Crippen molar-refractivity contribution in [2.75, 3.05) is 13.7 Å². The van der Waals surface area contributed by atoms with Gasteiger partial charge < -0.3 is 14.6 Å². The normalized spacial score (nSPS) is 16.1. The number of ether oxygens (including phenoxy) is 1. The van der Waals surface area contributed by atoms with E-state index in [0.717, 1.165) is 22.2 Å². The molecule has 7 heteroatoms. The van der Waals surface area contributed by atoms with Crippen LogP contribution in [-0.4, -0.2) is 24.6 Å². The van der Waals surface area contributed by atoms with Crippen molar-refractivity contribution in [3.05, 3.63) is 70.1 Å². The number of hydrogen-bond acceptors (Lipinski definition) is 2. The van der Waals surface area contributed by atoms with Crippen LogP contribution in [0.5, 0.6) is 0 Å². The maximum absolute atomic E-state index is 13.7. The van der Waals surface area contributed by atoms with Gasteiger partial charge in [-0.1, -0.05) is 23.2 Å². The Morgan fingerprint density at radius 2 is 2.19 bits per heavy atom. The molecule has 0 fully saturated rings. The van der Waals surface area contributed by atoms with Gasteiger partial charge in [0.2, 0.25) is 0 Å². The molecule has 0 spiro atoms.